The van der Waals surface area contributed by atoms with Gasteiger partial charge in [0.05, 0.1) is 11.8 Å². The van der Waals surface area contributed by atoms with Crippen LogP contribution >= 0.6 is 11.3 Å². The molecule has 7 heteroatoms. The number of thiophene rings is 1. The van der Waals surface area contributed by atoms with Gasteiger partial charge in [0.25, 0.3) is 5.91 Å². The van der Waals surface area contributed by atoms with E-state index >= 15 is 0 Å². The Hall–Kier alpha value is -2.15. The number of rotatable bonds is 2. The van der Waals surface area contributed by atoms with Crippen molar-refractivity contribution >= 4 is 23.2 Å². The summed E-state index contributed by atoms with van der Waals surface area (Å²) in [5.74, 6) is -1.29. The molecule has 2 aromatic heterocycles. The molecule has 6 nitrogen and oxygen atoms in total. The SMILES string of the molecule is Cn1cc(C(=O)N2CCc3sccc3C2C(=O)O)cn1. The topological polar surface area (TPSA) is 75.4 Å². The van der Waals surface area contributed by atoms with Crippen molar-refractivity contribution in [1.29, 1.82) is 0 Å². The third-order valence-electron chi connectivity index (χ3n) is 3.41. The van der Waals surface area contributed by atoms with Crippen molar-refractivity contribution in [3.05, 3.63) is 39.8 Å². The van der Waals surface area contributed by atoms with Gasteiger partial charge in [-0.25, -0.2) is 4.79 Å². The van der Waals surface area contributed by atoms with Crippen LogP contribution in [0.25, 0.3) is 0 Å². The van der Waals surface area contributed by atoms with Gasteiger partial charge in [0.2, 0.25) is 0 Å². The molecule has 3 rings (SSSR count). The van der Waals surface area contributed by atoms with Gasteiger partial charge in [-0.05, 0) is 23.4 Å². The highest BCUT2D eigenvalue weighted by molar-refractivity contribution is 7.10. The van der Waals surface area contributed by atoms with Gasteiger partial charge in [0.15, 0.2) is 6.04 Å². The molecule has 0 fully saturated rings. The molecule has 0 radical (unpaired) electrons. The van der Waals surface area contributed by atoms with Crippen molar-refractivity contribution in [2.45, 2.75) is 12.5 Å². The van der Waals surface area contributed by atoms with E-state index in [4.69, 9.17) is 0 Å². The molecule has 0 spiro atoms. The highest BCUT2D eigenvalue weighted by Crippen LogP contribution is 2.34. The van der Waals surface area contributed by atoms with Crippen LogP contribution < -0.4 is 0 Å². The van der Waals surface area contributed by atoms with Crippen LogP contribution in [0.1, 0.15) is 26.8 Å². The molecule has 2 aromatic rings. The number of carboxylic acids is 1. The van der Waals surface area contributed by atoms with Crippen LogP contribution in [0.3, 0.4) is 0 Å². The summed E-state index contributed by atoms with van der Waals surface area (Å²) >= 11 is 1.54. The molecular formula is C13H13N3O3S. The average Bonchev–Trinajstić information content (AvgIpc) is 3.04. The minimum absolute atomic E-state index is 0.289. The van der Waals surface area contributed by atoms with E-state index in [1.54, 1.807) is 30.6 Å². The van der Waals surface area contributed by atoms with E-state index in [-0.39, 0.29) is 5.91 Å². The average molecular weight is 291 g/mol. The lowest BCUT2D eigenvalue weighted by Gasteiger charge is -2.32. The van der Waals surface area contributed by atoms with Crippen LogP contribution in [0.15, 0.2) is 23.8 Å². The first kappa shape index (κ1) is 12.9. The van der Waals surface area contributed by atoms with Crippen molar-refractivity contribution in [3.63, 3.8) is 0 Å². The molecule has 0 saturated carbocycles. The summed E-state index contributed by atoms with van der Waals surface area (Å²) in [6.07, 6.45) is 3.76. The number of carboxylic acid groups (broad SMARTS) is 1. The first-order valence-corrected chi connectivity index (χ1v) is 7.04. The van der Waals surface area contributed by atoms with Gasteiger partial charge in [-0.2, -0.15) is 5.10 Å². The molecule has 1 N–H and O–H groups in total. The number of carbonyl (C=O) groups is 2. The third-order valence-corrected chi connectivity index (χ3v) is 4.41. The third kappa shape index (κ3) is 2.00. The summed E-state index contributed by atoms with van der Waals surface area (Å²) in [6.45, 7) is 0.415. The van der Waals surface area contributed by atoms with Crippen molar-refractivity contribution < 1.29 is 14.7 Å². The monoisotopic (exact) mass is 291 g/mol. The molecule has 1 aliphatic rings. The molecule has 1 unspecified atom stereocenters. The Kier molecular flexibility index (Phi) is 3.06. The minimum Gasteiger partial charge on any atom is -0.479 e. The molecule has 20 heavy (non-hydrogen) atoms. The van der Waals surface area contributed by atoms with Gasteiger partial charge in [-0.15, -0.1) is 11.3 Å². The zero-order valence-electron chi connectivity index (χ0n) is 10.8. The van der Waals surface area contributed by atoms with E-state index < -0.39 is 12.0 Å². The standard InChI is InChI=1S/C13H13N3O3S/c1-15-7-8(6-14-15)12(17)16-4-2-10-9(3-5-20-10)11(16)13(18)19/h3,5-7,11H,2,4H2,1H3,(H,18,19). The van der Waals surface area contributed by atoms with Gasteiger partial charge in [-0.3, -0.25) is 9.48 Å². The number of aliphatic carboxylic acids is 1. The normalized spacial score (nSPS) is 17.9. The lowest BCUT2D eigenvalue weighted by molar-refractivity contribution is -0.142. The predicted octanol–water partition coefficient (Wildman–Crippen LogP) is 1.31. The Morgan fingerprint density at radius 1 is 1.50 bits per heavy atom. The molecule has 0 aromatic carbocycles. The van der Waals surface area contributed by atoms with Crippen LogP contribution in [0, 0.1) is 0 Å². The number of aromatic nitrogens is 2. The predicted molar refractivity (Wildman–Crippen MR) is 72.6 cm³/mol. The summed E-state index contributed by atoms with van der Waals surface area (Å²) in [6, 6.07) is 0.888. The molecule has 1 atom stereocenters. The van der Waals surface area contributed by atoms with Crippen LogP contribution in [-0.4, -0.2) is 38.2 Å². The van der Waals surface area contributed by atoms with E-state index in [0.29, 0.717) is 18.5 Å². The fourth-order valence-corrected chi connectivity index (χ4v) is 3.40. The molecule has 1 aliphatic heterocycles. The Labute approximate surface area is 119 Å². The molecule has 0 aliphatic carbocycles. The second-order valence-corrected chi connectivity index (χ2v) is 5.69. The van der Waals surface area contributed by atoms with Gasteiger partial charge < -0.3 is 10.0 Å². The molecule has 0 bridgehead atoms. The molecule has 3 heterocycles. The van der Waals surface area contributed by atoms with Gasteiger partial charge >= 0.3 is 5.97 Å². The number of hydrogen-bond donors (Lipinski definition) is 1. The van der Waals surface area contributed by atoms with Crippen LogP contribution in [0.2, 0.25) is 0 Å². The van der Waals surface area contributed by atoms with Crippen LogP contribution in [0.4, 0.5) is 0 Å². The fraction of sp³-hybridized carbons (Fsp3) is 0.308. The minimum atomic E-state index is -0.999. The van der Waals surface area contributed by atoms with E-state index in [1.165, 1.54) is 15.8 Å². The molecule has 1 amide bonds. The largest absolute Gasteiger partial charge is 0.479 e. The summed E-state index contributed by atoms with van der Waals surface area (Å²) in [5, 5.41) is 15.3. The Morgan fingerprint density at radius 3 is 2.95 bits per heavy atom. The van der Waals surface area contributed by atoms with Crippen molar-refractivity contribution in [2.24, 2.45) is 7.05 Å². The Morgan fingerprint density at radius 2 is 2.30 bits per heavy atom. The summed E-state index contributed by atoms with van der Waals surface area (Å²) in [7, 11) is 1.72. The van der Waals surface area contributed by atoms with Crippen molar-refractivity contribution in [3.8, 4) is 0 Å². The first-order chi connectivity index (χ1) is 9.58. The first-order valence-electron chi connectivity index (χ1n) is 6.16. The van der Waals surface area contributed by atoms with E-state index in [1.807, 2.05) is 5.38 Å². The van der Waals surface area contributed by atoms with Crippen LogP contribution in [0.5, 0.6) is 0 Å². The maximum atomic E-state index is 12.5. The second-order valence-electron chi connectivity index (χ2n) is 4.69. The summed E-state index contributed by atoms with van der Waals surface area (Å²) in [4.78, 5) is 26.5. The van der Waals surface area contributed by atoms with Crippen molar-refractivity contribution in [1.82, 2.24) is 14.7 Å². The van der Waals surface area contributed by atoms with Gasteiger partial charge in [-0.1, -0.05) is 0 Å². The number of carbonyl (C=O) groups excluding carboxylic acids is 1. The Balaban J connectivity index is 1.97. The number of nitrogens with zero attached hydrogens (tertiary/aromatic N) is 3. The van der Waals surface area contributed by atoms with Gasteiger partial charge in [0.1, 0.15) is 0 Å². The van der Waals surface area contributed by atoms with Crippen LogP contribution in [-0.2, 0) is 18.3 Å². The van der Waals surface area contributed by atoms with Crippen molar-refractivity contribution in [2.75, 3.05) is 6.54 Å². The Bertz CT molecular complexity index is 676. The number of hydrogen-bond acceptors (Lipinski definition) is 4. The quantitative estimate of drug-likeness (QED) is 0.905. The summed E-state index contributed by atoms with van der Waals surface area (Å²) in [5.41, 5.74) is 1.14. The lowest BCUT2D eigenvalue weighted by Crippen LogP contribution is -2.42. The van der Waals surface area contributed by atoms with E-state index in [2.05, 4.69) is 5.10 Å². The maximum absolute atomic E-state index is 12.5. The zero-order chi connectivity index (χ0) is 14.3. The number of aryl methyl sites for hydroxylation is 1. The highest BCUT2D eigenvalue weighted by atomic mass is 32.1. The number of amides is 1. The second kappa shape index (κ2) is 4.75. The smallest absolute Gasteiger partial charge is 0.331 e. The van der Waals surface area contributed by atoms with E-state index in [0.717, 1.165) is 10.4 Å². The number of fused-ring (bicyclic) bond motifs is 1. The zero-order valence-corrected chi connectivity index (χ0v) is 11.6. The van der Waals surface area contributed by atoms with Gasteiger partial charge in [0, 0.05) is 24.7 Å². The molecule has 0 saturated heterocycles. The summed E-state index contributed by atoms with van der Waals surface area (Å²) < 4.78 is 1.53. The molecule has 104 valence electrons. The molecular weight excluding hydrogens is 278 g/mol. The lowest BCUT2D eigenvalue weighted by atomic mass is 9.99. The van der Waals surface area contributed by atoms with E-state index in [9.17, 15) is 14.7 Å². The maximum Gasteiger partial charge on any atom is 0.331 e. The fourth-order valence-electron chi connectivity index (χ4n) is 2.50. The highest BCUT2D eigenvalue weighted by Gasteiger charge is 2.37.